The number of ether oxygens (including phenoxy) is 1. The monoisotopic (exact) mass is 416 g/mol. The van der Waals surface area contributed by atoms with Gasteiger partial charge in [-0.25, -0.2) is 9.59 Å². The number of carbonyl (C=O) groups excluding carboxylic acids is 3. The highest BCUT2D eigenvalue weighted by Crippen LogP contribution is 2.17. The maximum Gasteiger partial charge on any atom is 0.337 e. The Balaban J connectivity index is 2.06. The van der Waals surface area contributed by atoms with Crippen molar-refractivity contribution >= 4 is 29.4 Å². The number of esters is 1. The SMILES string of the molecule is COC(=O)c1cc(NC(=O)[C@H](O)[C@@H](O)C(=O)NCc2ccccc2)cc(C(=O)O)c1. The largest absolute Gasteiger partial charge is 0.478 e. The number of aliphatic hydroxyl groups excluding tert-OH is 2. The fourth-order valence-corrected chi connectivity index (χ4v) is 2.45. The fourth-order valence-electron chi connectivity index (χ4n) is 2.45. The van der Waals surface area contributed by atoms with Crippen LogP contribution < -0.4 is 10.6 Å². The summed E-state index contributed by atoms with van der Waals surface area (Å²) < 4.78 is 4.52. The first kappa shape index (κ1) is 22.5. The molecule has 2 atom stereocenters. The summed E-state index contributed by atoms with van der Waals surface area (Å²) in [5.74, 6) is -4.35. The second-order valence-electron chi connectivity index (χ2n) is 6.18. The van der Waals surface area contributed by atoms with Gasteiger partial charge in [0.2, 0.25) is 0 Å². The normalized spacial score (nSPS) is 12.4. The number of aromatic carboxylic acids is 1. The minimum atomic E-state index is -2.14. The Morgan fingerprint density at radius 2 is 1.53 bits per heavy atom. The molecule has 0 saturated carbocycles. The van der Waals surface area contributed by atoms with E-state index >= 15 is 0 Å². The predicted molar refractivity (Wildman–Crippen MR) is 104 cm³/mol. The van der Waals surface area contributed by atoms with Gasteiger partial charge < -0.3 is 30.7 Å². The molecule has 158 valence electrons. The molecule has 0 unspecified atom stereocenters. The predicted octanol–water partition coefficient (Wildman–Crippen LogP) is 0.148. The molecular formula is C20H20N2O8. The van der Waals surface area contributed by atoms with Crippen LogP contribution in [-0.2, 0) is 20.9 Å². The molecule has 0 aromatic heterocycles. The molecule has 2 amide bonds. The minimum absolute atomic E-state index is 0.0776. The van der Waals surface area contributed by atoms with Crippen molar-refractivity contribution in [3.8, 4) is 0 Å². The number of hydrogen-bond donors (Lipinski definition) is 5. The van der Waals surface area contributed by atoms with Gasteiger partial charge in [0.1, 0.15) is 0 Å². The molecule has 2 rings (SSSR count). The van der Waals surface area contributed by atoms with E-state index in [1.165, 1.54) is 0 Å². The van der Waals surface area contributed by atoms with Gasteiger partial charge in [-0.05, 0) is 23.8 Å². The molecule has 0 saturated heterocycles. The second-order valence-corrected chi connectivity index (χ2v) is 6.18. The van der Waals surface area contributed by atoms with Crippen LogP contribution in [0, 0.1) is 0 Å². The second kappa shape index (κ2) is 10.1. The molecule has 0 heterocycles. The first-order valence-corrected chi connectivity index (χ1v) is 8.68. The van der Waals surface area contributed by atoms with E-state index in [0.29, 0.717) is 0 Å². The Labute approximate surface area is 171 Å². The molecule has 30 heavy (non-hydrogen) atoms. The Hall–Kier alpha value is -3.76. The molecule has 5 N–H and O–H groups in total. The van der Waals surface area contributed by atoms with E-state index in [1.54, 1.807) is 30.3 Å². The number of hydrogen-bond acceptors (Lipinski definition) is 7. The number of carbonyl (C=O) groups is 4. The number of amides is 2. The molecule has 0 bridgehead atoms. The van der Waals surface area contributed by atoms with Gasteiger partial charge in [-0.1, -0.05) is 30.3 Å². The lowest BCUT2D eigenvalue weighted by molar-refractivity contribution is -0.143. The van der Waals surface area contributed by atoms with E-state index < -0.39 is 36.0 Å². The summed E-state index contributed by atoms with van der Waals surface area (Å²) in [5.41, 5.74) is 0.140. The Morgan fingerprint density at radius 1 is 0.933 bits per heavy atom. The zero-order valence-corrected chi connectivity index (χ0v) is 15.9. The lowest BCUT2D eigenvalue weighted by Crippen LogP contribution is -2.47. The van der Waals surface area contributed by atoms with Crippen molar-refractivity contribution < 1.29 is 39.2 Å². The van der Waals surface area contributed by atoms with Crippen molar-refractivity contribution in [3.63, 3.8) is 0 Å². The number of methoxy groups -OCH3 is 1. The van der Waals surface area contributed by atoms with Gasteiger partial charge >= 0.3 is 11.9 Å². The smallest absolute Gasteiger partial charge is 0.337 e. The lowest BCUT2D eigenvalue weighted by atomic mass is 10.1. The van der Waals surface area contributed by atoms with Crippen LogP contribution in [0.1, 0.15) is 26.3 Å². The number of nitrogens with one attached hydrogen (secondary N) is 2. The van der Waals surface area contributed by atoms with Gasteiger partial charge in [0.05, 0.1) is 18.2 Å². The van der Waals surface area contributed by atoms with Crippen LogP contribution in [0.5, 0.6) is 0 Å². The quantitative estimate of drug-likeness (QED) is 0.380. The summed E-state index contributed by atoms with van der Waals surface area (Å²) in [6.07, 6.45) is -4.22. The van der Waals surface area contributed by atoms with E-state index in [9.17, 15) is 29.4 Å². The van der Waals surface area contributed by atoms with Gasteiger partial charge in [0.15, 0.2) is 12.2 Å². The Bertz CT molecular complexity index is 945. The first-order chi connectivity index (χ1) is 14.2. The maximum atomic E-state index is 12.2. The molecule has 0 radical (unpaired) electrons. The first-order valence-electron chi connectivity index (χ1n) is 8.68. The van der Waals surface area contributed by atoms with E-state index in [-0.39, 0.29) is 23.4 Å². The van der Waals surface area contributed by atoms with Gasteiger partial charge in [0, 0.05) is 12.2 Å². The van der Waals surface area contributed by atoms with Crippen molar-refractivity contribution in [1.29, 1.82) is 0 Å². The molecular weight excluding hydrogens is 396 g/mol. The number of carboxylic acid groups (broad SMARTS) is 1. The molecule has 0 aliphatic heterocycles. The van der Waals surface area contributed by atoms with Gasteiger partial charge in [-0.2, -0.15) is 0 Å². The van der Waals surface area contributed by atoms with E-state index in [1.807, 2.05) is 0 Å². The molecule has 2 aromatic rings. The fraction of sp³-hybridized carbons (Fsp3) is 0.200. The summed E-state index contributed by atoms with van der Waals surface area (Å²) in [5, 5.41) is 33.6. The van der Waals surface area contributed by atoms with E-state index in [2.05, 4.69) is 15.4 Å². The van der Waals surface area contributed by atoms with Crippen LogP contribution in [0.2, 0.25) is 0 Å². The molecule has 10 heteroatoms. The van der Waals surface area contributed by atoms with Crippen LogP contribution in [0.4, 0.5) is 5.69 Å². The topological polar surface area (TPSA) is 162 Å². The third-order valence-corrected chi connectivity index (χ3v) is 4.01. The Morgan fingerprint density at radius 3 is 2.13 bits per heavy atom. The molecule has 0 fully saturated rings. The number of rotatable bonds is 8. The van der Waals surface area contributed by atoms with Crippen molar-refractivity contribution in [3.05, 3.63) is 65.2 Å². The van der Waals surface area contributed by atoms with Gasteiger partial charge in [0.25, 0.3) is 11.8 Å². The van der Waals surface area contributed by atoms with Crippen molar-refractivity contribution in [1.82, 2.24) is 5.32 Å². The van der Waals surface area contributed by atoms with E-state index in [4.69, 9.17) is 5.11 Å². The third kappa shape index (κ3) is 5.87. The molecule has 0 aliphatic carbocycles. The molecule has 2 aromatic carbocycles. The van der Waals surface area contributed by atoms with Gasteiger partial charge in [-0.15, -0.1) is 0 Å². The van der Waals surface area contributed by atoms with Crippen LogP contribution in [0.3, 0.4) is 0 Å². The van der Waals surface area contributed by atoms with Crippen molar-refractivity contribution in [2.75, 3.05) is 12.4 Å². The summed E-state index contributed by atoms with van der Waals surface area (Å²) in [6, 6.07) is 12.0. The highest BCUT2D eigenvalue weighted by atomic mass is 16.5. The highest BCUT2D eigenvalue weighted by Gasteiger charge is 2.30. The van der Waals surface area contributed by atoms with Crippen LogP contribution in [0.25, 0.3) is 0 Å². The minimum Gasteiger partial charge on any atom is -0.478 e. The standard InChI is InChI=1S/C20H20N2O8/c1-30-20(29)13-7-12(19(27)28)8-14(9-13)22-18(26)16(24)15(23)17(25)21-10-11-5-3-2-4-6-11/h2-9,15-16,23-24H,10H2,1H3,(H,21,25)(H,22,26)(H,27,28)/t15-,16-/m1/s1. The third-order valence-electron chi connectivity index (χ3n) is 4.01. The number of benzene rings is 2. The van der Waals surface area contributed by atoms with E-state index in [0.717, 1.165) is 30.9 Å². The van der Waals surface area contributed by atoms with Crippen LogP contribution >= 0.6 is 0 Å². The number of aliphatic hydroxyl groups is 2. The molecule has 0 aliphatic rings. The van der Waals surface area contributed by atoms with Crippen molar-refractivity contribution in [2.45, 2.75) is 18.8 Å². The summed E-state index contributed by atoms with van der Waals surface area (Å²) >= 11 is 0. The number of carboxylic acids is 1. The number of anilines is 1. The maximum absolute atomic E-state index is 12.2. The van der Waals surface area contributed by atoms with Crippen LogP contribution in [0.15, 0.2) is 48.5 Å². The average molecular weight is 416 g/mol. The zero-order valence-electron chi connectivity index (χ0n) is 15.9. The average Bonchev–Trinajstić information content (AvgIpc) is 2.76. The lowest BCUT2D eigenvalue weighted by Gasteiger charge is -2.17. The zero-order chi connectivity index (χ0) is 22.3. The van der Waals surface area contributed by atoms with Crippen molar-refractivity contribution in [2.24, 2.45) is 0 Å². The summed E-state index contributed by atoms with van der Waals surface area (Å²) in [6.45, 7) is 0.0776. The molecule has 10 nitrogen and oxygen atoms in total. The summed E-state index contributed by atoms with van der Waals surface area (Å²) in [7, 11) is 1.10. The summed E-state index contributed by atoms with van der Waals surface area (Å²) in [4.78, 5) is 47.1. The van der Waals surface area contributed by atoms with Gasteiger partial charge in [-0.3, -0.25) is 9.59 Å². The highest BCUT2D eigenvalue weighted by molar-refractivity contribution is 6.01. The van der Waals surface area contributed by atoms with Crippen LogP contribution in [-0.4, -0.2) is 58.4 Å². The Kier molecular flexibility index (Phi) is 7.62. The molecule has 0 spiro atoms.